The molecule has 7 heteroatoms. The zero-order chi connectivity index (χ0) is 21.1. The Hall–Kier alpha value is -2.54. The number of aromatic nitrogens is 3. The molecular formula is C22H28N4O2S. The minimum Gasteiger partial charge on any atom is -0.353 e. The summed E-state index contributed by atoms with van der Waals surface area (Å²) in [5.41, 5.74) is 4.91. The number of amides is 1. The fourth-order valence-electron chi connectivity index (χ4n) is 3.09. The number of hydrogen-bond acceptors (Lipinski definition) is 4. The van der Waals surface area contributed by atoms with E-state index in [1.165, 1.54) is 11.8 Å². The Kier molecular flexibility index (Phi) is 6.47. The summed E-state index contributed by atoms with van der Waals surface area (Å²) in [4.78, 5) is 33.3. The number of aryl methyl sites for hydroxylation is 3. The first kappa shape index (κ1) is 21.2. The Bertz CT molecular complexity index is 1100. The van der Waals surface area contributed by atoms with Gasteiger partial charge >= 0.3 is 0 Å². The van der Waals surface area contributed by atoms with Crippen molar-refractivity contribution in [3.63, 3.8) is 0 Å². The van der Waals surface area contributed by atoms with Crippen LogP contribution in [0.15, 0.2) is 34.2 Å². The predicted octanol–water partition coefficient (Wildman–Crippen LogP) is 4.43. The first-order chi connectivity index (χ1) is 13.7. The first-order valence-electron chi connectivity index (χ1n) is 9.84. The van der Waals surface area contributed by atoms with Crippen molar-refractivity contribution in [1.82, 2.24) is 14.5 Å². The summed E-state index contributed by atoms with van der Waals surface area (Å²) in [6.07, 6.45) is 0.870. The van der Waals surface area contributed by atoms with Crippen LogP contribution in [0.25, 0.3) is 11.0 Å². The Morgan fingerprint density at radius 2 is 2.00 bits per heavy atom. The fraction of sp³-hybridized carbons (Fsp3) is 0.409. The van der Waals surface area contributed by atoms with Crippen LogP contribution in [-0.4, -0.2) is 26.2 Å². The molecule has 0 bridgehead atoms. The van der Waals surface area contributed by atoms with Crippen molar-refractivity contribution >= 4 is 34.4 Å². The molecule has 0 aliphatic rings. The van der Waals surface area contributed by atoms with Crippen molar-refractivity contribution in [2.24, 2.45) is 5.92 Å². The lowest BCUT2D eigenvalue weighted by atomic mass is 10.1. The summed E-state index contributed by atoms with van der Waals surface area (Å²) in [5, 5.41) is 3.55. The van der Waals surface area contributed by atoms with Crippen LogP contribution in [0.5, 0.6) is 0 Å². The average molecular weight is 413 g/mol. The molecule has 0 fully saturated rings. The van der Waals surface area contributed by atoms with Crippen LogP contribution in [0.2, 0.25) is 0 Å². The van der Waals surface area contributed by atoms with Gasteiger partial charge in [-0.1, -0.05) is 37.7 Å². The second kappa shape index (κ2) is 8.86. The van der Waals surface area contributed by atoms with Gasteiger partial charge in [0.25, 0.3) is 5.56 Å². The normalized spacial score (nSPS) is 11.4. The van der Waals surface area contributed by atoms with E-state index in [4.69, 9.17) is 0 Å². The van der Waals surface area contributed by atoms with E-state index in [1.54, 1.807) is 4.57 Å². The number of carbonyl (C=O) groups excluding carboxylic acids is 1. The second-order valence-corrected chi connectivity index (χ2v) is 8.84. The van der Waals surface area contributed by atoms with E-state index in [-0.39, 0.29) is 17.2 Å². The average Bonchev–Trinajstić information content (AvgIpc) is 3.03. The Balaban J connectivity index is 1.82. The number of nitrogens with one attached hydrogen (secondary N) is 2. The Morgan fingerprint density at radius 3 is 2.72 bits per heavy atom. The molecule has 0 aliphatic heterocycles. The van der Waals surface area contributed by atoms with E-state index in [9.17, 15) is 9.59 Å². The zero-order valence-corrected chi connectivity index (χ0v) is 18.4. The number of benzene rings is 1. The number of aromatic amines is 1. The summed E-state index contributed by atoms with van der Waals surface area (Å²) < 4.78 is 1.69. The van der Waals surface area contributed by atoms with E-state index in [2.05, 4.69) is 29.1 Å². The third-order valence-corrected chi connectivity index (χ3v) is 5.74. The van der Waals surface area contributed by atoms with Crippen LogP contribution >= 0.6 is 11.8 Å². The van der Waals surface area contributed by atoms with Gasteiger partial charge in [0, 0.05) is 17.9 Å². The van der Waals surface area contributed by atoms with Gasteiger partial charge in [0.15, 0.2) is 5.16 Å². The maximum Gasteiger partial charge on any atom is 0.278 e. The summed E-state index contributed by atoms with van der Waals surface area (Å²) in [5.74, 6) is 0.545. The Morgan fingerprint density at radius 1 is 1.24 bits per heavy atom. The number of fused-ring (bicyclic) bond motifs is 1. The molecule has 1 amide bonds. The predicted molar refractivity (Wildman–Crippen MR) is 120 cm³/mol. The van der Waals surface area contributed by atoms with E-state index in [0.29, 0.717) is 28.7 Å². The lowest BCUT2D eigenvalue weighted by molar-refractivity contribution is -0.113. The first-order valence-corrected chi connectivity index (χ1v) is 10.8. The van der Waals surface area contributed by atoms with E-state index in [0.717, 1.165) is 28.9 Å². The number of thioether (sulfide) groups is 1. The van der Waals surface area contributed by atoms with Crippen LogP contribution in [0.4, 0.5) is 5.69 Å². The van der Waals surface area contributed by atoms with Crippen LogP contribution in [0.3, 0.4) is 0 Å². The fourth-order valence-corrected chi connectivity index (χ4v) is 3.92. The van der Waals surface area contributed by atoms with Gasteiger partial charge in [0.1, 0.15) is 5.52 Å². The van der Waals surface area contributed by atoms with Crippen molar-refractivity contribution in [2.75, 3.05) is 11.1 Å². The molecular weight excluding hydrogens is 384 g/mol. The number of anilines is 1. The molecule has 1 aromatic carbocycles. The molecule has 0 radical (unpaired) electrons. The molecule has 0 aliphatic carbocycles. The van der Waals surface area contributed by atoms with Gasteiger partial charge in [-0.3, -0.25) is 14.2 Å². The standard InChI is InChI=1S/C22H28N4O2S/c1-13(2)8-9-26-21(28)20-18(11-16(5)23-20)25-22(26)29-12-19(27)24-17-10-14(3)6-7-15(17)4/h6-7,10-11,13,23H,8-9,12H2,1-5H3,(H,24,27). The van der Waals surface area contributed by atoms with Gasteiger partial charge in [0.05, 0.1) is 11.3 Å². The maximum atomic E-state index is 13.0. The summed E-state index contributed by atoms with van der Waals surface area (Å²) in [7, 11) is 0. The summed E-state index contributed by atoms with van der Waals surface area (Å²) >= 11 is 1.30. The molecule has 0 unspecified atom stereocenters. The molecule has 6 nitrogen and oxygen atoms in total. The zero-order valence-electron chi connectivity index (χ0n) is 17.6. The molecule has 0 saturated carbocycles. The quantitative estimate of drug-likeness (QED) is 0.444. The number of rotatable bonds is 7. The lowest BCUT2D eigenvalue weighted by Crippen LogP contribution is -2.25. The van der Waals surface area contributed by atoms with Crippen LogP contribution in [0, 0.1) is 26.7 Å². The van der Waals surface area contributed by atoms with Crippen LogP contribution < -0.4 is 10.9 Å². The minimum atomic E-state index is -0.112. The number of hydrogen-bond donors (Lipinski definition) is 2. The highest BCUT2D eigenvalue weighted by molar-refractivity contribution is 7.99. The number of carbonyl (C=O) groups is 1. The highest BCUT2D eigenvalue weighted by atomic mass is 32.2. The molecule has 0 atom stereocenters. The van der Waals surface area contributed by atoms with Gasteiger partial charge in [-0.05, 0) is 56.4 Å². The van der Waals surface area contributed by atoms with Gasteiger partial charge in [-0.2, -0.15) is 0 Å². The van der Waals surface area contributed by atoms with Crippen molar-refractivity contribution in [1.29, 1.82) is 0 Å². The molecule has 154 valence electrons. The number of nitrogens with zero attached hydrogens (tertiary/aromatic N) is 2. The summed E-state index contributed by atoms with van der Waals surface area (Å²) in [6, 6.07) is 7.84. The monoisotopic (exact) mass is 412 g/mol. The molecule has 2 heterocycles. The van der Waals surface area contributed by atoms with E-state index < -0.39 is 0 Å². The molecule has 0 saturated heterocycles. The smallest absolute Gasteiger partial charge is 0.278 e. The van der Waals surface area contributed by atoms with Gasteiger partial charge < -0.3 is 10.3 Å². The lowest BCUT2D eigenvalue weighted by Gasteiger charge is -2.13. The second-order valence-electron chi connectivity index (χ2n) is 7.90. The van der Waals surface area contributed by atoms with E-state index in [1.807, 2.05) is 45.0 Å². The summed E-state index contributed by atoms with van der Waals surface area (Å²) in [6.45, 7) is 10.7. The highest BCUT2D eigenvalue weighted by Gasteiger charge is 2.15. The third kappa shape index (κ3) is 5.09. The molecule has 2 aromatic heterocycles. The molecule has 3 aromatic rings. The minimum absolute atomic E-state index is 0.0822. The van der Waals surface area contributed by atoms with Crippen molar-refractivity contribution in [3.8, 4) is 0 Å². The van der Waals surface area contributed by atoms with Crippen LogP contribution in [0.1, 0.15) is 37.1 Å². The Labute approximate surface area is 175 Å². The van der Waals surface area contributed by atoms with Crippen molar-refractivity contribution < 1.29 is 4.79 Å². The topological polar surface area (TPSA) is 79.8 Å². The number of H-pyrrole nitrogens is 1. The highest BCUT2D eigenvalue weighted by Crippen LogP contribution is 2.21. The SMILES string of the molecule is Cc1ccc(C)c(NC(=O)CSc2nc3cc(C)[nH]c3c(=O)n2CCC(C)C)c1. The third-order valence-electron chi connectivity index (χ3n) is 4.77. The molecule has 29 heavy (non-hydrogen) atoms. The largest absolute Gasteiger partial charge is 0.353 e. The van der Waals surface area contributed by atoms with Gasteiger partial charge in [-0.25, -0.2) is 4.98 Å². The van der Waals surface area contributed by atoms with Crippen molar-refractivity contribution in [3.05, 3.63) is 51.4 Å². The molecule has 3 rings (SSSR count). The molecule has 2 N–H and O–H groups in total. The van der Waals surface area contributed by atoms with Crippen LogP contribution in [-0.2, 0) is 11.3 Å². The van der Waals surface area contributed by atoms with Gasteiger partial charge in [0.2, 0.25) is 5.91 Å². The van der Waals surface area contributed by atoms with E-state index >= 15 is 0 Å². The maximum absolute atomic E-state index is 13.0. The van der Waals surface area contributed by atoms with Crippen molar-refractivity contribution in [2.45, 2.75) is 52.7 Å². The molecule has 0 spiro atoms. The van der Waals surface area contributed by atoms with Gasteiger partial charge in [-0.15, -0.1) is 0 Å².